The van der Waals surface area contributed by atoms with Gasteiger partial charge in [-0.15, -0.1) is 0 Å². The van der Waals surface area contributed by atoms with Gasteiger partial charge in [-0.2, -0.15) is 5.10 Å². The second kappa shape index (κ2) is 7.28. The zero-order valence-corrected chi connectivity index (χ0v) is 11.7. The average molecular weight is 264 g/mol. The van der Waals surface area contributed by atoms with Gasteiger partial charge >= 0.3 is 0 Å². The molecule has 2 heterocycles. The second-order valence-corrected chi connectivity index (χ2v) is 5.18. The van der Waals surface area contributed by atoms with Crippen LogP contribution in [0.1, 0.15) is 32.6 Å². The molecule has 0 unspecified atom stereocenters. The van der Waals surface area contributed by atoms with E-state index < -0.39 is 0 Å². The fraction of sp³-hybridized carbons (Fsp3) is 0.714. The lowest BCUT2D eigenvalue weighted by molar-refractivity contribution is -0.133. The van der Waals surface area contributed by atoms with Gasteiger partial charge < -0.3 is 10.2 Å². The van der Waals surface area contributed by atoms with Crippen molar-refractivity contribution < 1.29 is 4.79 Å². The molecule has 0 bridgehead atoms. The number of hydrogen-bond acceptors (Lipinski definition) is 3. The van der Waals surface area contributed by atoms with Crippen LogP contribution in [0.3, 0.4) is 0 Å². The van der Waals surface area contributed by atoms with Crippen molar-refractivity contribution >= 4 is 5.91 Å². The van der Waals surface area contributed by atoms with Crippen LogP contribution in [0.15, 0.2) is 18.5 Å². The molecule has 1 atom stereocenters. The highest BCUT2D eigenvalue weighted by Crippen LogP contribution is 2.10. The number of amides is 1. The Labute approximate surface area is 115 Å². The fourth-order valence-corrected chi connectivity index (χ4v) is 2.48. The highest BCUT2D eigenvalue weighted by molar-refractivity contribution is 5.81. The van der Waals surface area contributed by atoms with Crippen LogP contribution in [-0.2, 0) is 11.3 Å². The Balaban J connectivity index is 1.72. The van der Waals surface area contributed by atoms with E-state index in [1.807, 2.05) is 28.8 Å². The smallest absolute Gasteiger partial charge is 0.239 e. The second-order valence-electron chi connectivity index (χ2n) is 5.18. The molecule has 1 aliphatic heterocycles. The molecule has 1 fully saturated rings. The molecule has 19 heavy (non-hydrogen) atoms. The Morgan fingerprint density at radius 3 is 2.68 bits per heavy atom. The number of likely N-dealkylation sites (tertiary alicyclic amines) is 1. The Hall–Kier alpha value is -1.36. The number of carbonyl (C=O) groups is 1. The van der Waals surface area contributed by atoms with E-state index in [9.17, 15) is 4.79 Å². The molecule has 1 aromatic heterocycles. The maximum absolute atomic E-state index is 12.3. The summed E-state index contributed by atoms with van der Waals surface area (Å²) in [5, 5.41) is 7.43. The van der Waals surface area contributed by atoms with Crippen molar-refractivity contribution in [3.05, 3.63) is 18.5 Å². The lowest BCUT2D eigenvalue weighted by Gasteiger charge is -2.24. The Kier molecular flexibility index (Phi) is 5.39. The van der Waals surface area contributed by atoms with Gasteiger partial charge in [0.15, 0.2) is 0 Å². The quantitative estimate of drug-likeness (QED) is 0.871. The van der Waals surface area contributed by atoms with E-state index in [1.165, 1.54) is 12.8 Å². The number of rotatable bonds is 5. The van der Waals surface area contributed by atoms with Gasteiger partial charge in [0.1, 0.15) is 0 Å². The first kappa shape index (κ1) is 14.1. The van der Waals surface area contributed by atoms with Gasteiger partial charge in [0.2, 0.25) is 5.91 Å². The summed E-state index contributed by atoms with van der Waals surface area (Å²) >= 11 is 0. The van der Waals surface area contributed by atoms with Gasteiger partial charge in [-0.05, 0) is 25.8 Å². The molecule has 1 N–H and O–H groups in total. The zero-order valence-electron chi connectivity index (χ0n) is 11.7. The number of nitrogens with one attached hydrogen (secondary N) is 1. The van der Waals surface area contributed by atoms with E-state index in [0.717, 1.165) is 39.0 Å². The summed E-state index contributed by atoms with van der Waals surface area (Å²) < 4.78 is 1.87. The Morgan fingerprint density at radius 1 is 1.32 bits per heavy atom. The Morgan fingerprint density at radius 2 is 2.05 bits per heavy atom. The SMILES string of the molecule is C[C@H](NCCn1cccn1)C(=O)N1CCCCCC1. The predicted octanol–water partition coefficient (Wildman–Crippen LogP) is 1.26. The van der Waals surface area contributed by atoms with E-state index >= 15 is 0 Å². The van der Waals surface area contributed by atoms with Crippen LogP contribution in [0.5, 0.6) is 0 Å². The minimum Gasteiger partial charge on any atom is -0.341 e. The minimum atomic E-state index is -0.103. The zero-order chi connectivity index (χ0) is 13.5. The van der Waals surface area contributed by atoms with E-state index in [1.54, 1.807) is 6.20 Å². The van der Waals surface area contributed by atoms with Crippen molar-refractivity contribution in [1.82, 2.24) is 20.0 Å². The van der Waals surface area contributed by atoms with Gasteiger partial charge in [0.25, 0.3) is 0 Å². The summed E-state index contributed by atoms with van der Waals surface area (Å²) in [5.41, 5.74) is 0. The van der Waals surface area contributed by atoms with Crippen molar-refractivity contribution in [2.75, 3.05) is 19.6 Å². The summed E-state index contributed by atoms with van der Waals surface area (Å²) in [6.45, 7) is 5.36. The normalized spacial score (nSPS) is 18.1. The molecule has 5 nitrogen and oxygen atoms in total. The maximum Gasteiger partial charge on any atom is 0.239 e. The number of nitrogens with zero attached hydrogens (tertiary/aromatic N) is 3. The third kappa shape index (κ3) is 4.35. The lowest BCUT2D eigenvalue weighted by atomic mass is 10.2. The van der Waals surface area contributed by atoms with Crippen LogP contribution >= 0.6 is 0 Å². The van der Waals surface area contributed by atoms with Gasteiger partial charge in [-0.25, -0.2) is 0 Å². The molecule has 5 heteroatoms. The van der Waals surface area contributed by atoms with Crippen molar-refractivity contribution in [2.24, 2.45) is 0 Å². The van der Waals surface area contributed by atoms with Gasteiger partial charge in [0.05, 0.1) is 12.6 Å². The van der Waals surface area contributed by atoms with Gasteiger partial charge in [0, 0.05) is 32.0 Å². The summed E-state index contributed by atoms with van der Waals surface area (Å²) in [6.07, 6.45) is 8.50. The molecule has 0 radical (unpaired) electrons. The molecule has 1 amide bonds. The number of aromatic nitrogens is 2. The highest BCUT2D eigenvalue weighted by atomic mass is 16.2. The van der Waals surface area contributed by atoms with E-state index in [-0.39, 0.29) is 11.9 Å². The van der Waals surface area contributed by atoms with Crippen LogP contribution in [0.2, 0.25) is 0 Å². The average Bonchev–Trinajstić information content (AvgIpc) is 2.78. The molecular formula is C14H24N4O. The van der Waals surface area contributed by atoms with Crippen LogP contribution in [0.4, 0.5) is 0 Å². The summed E-state index contributed by atoms with van der Waals surface area (Å²) in [7, 11) is 0. The van der Waals surface area contributed by atoms with Crippen molar-refractivity contribution in [3.63, 3.8) is 0 Å². The van der Waals surface area contributed by atoms with Crippen LogP contribution < -0.4 is 5.32 Å². The molecule has 106 valence electrons. The Bertz CT molecular complexity index is 369. The molecule has 0 aliphatic carbocycles. The lowest BCUT2D eigenvalue weighted by Crippen LogP contribution is -2.46. The molecular weight excluding hydrogens is 240 g/mol. The summed E-state index contributed by atoms with van der Waals surface area (Å²) in [4.78, 5) is 14.3. The van der Waals surface area contributed by atoms with Crippen molar-refractivity contribution in [3.8, 4) is 0 Å². The third-order valence-corrected chi connectivity index (χ3v) is 3.64. The fourth-order valence-electron chi connectivity index (χ4n) is 2.48. The predicted molar refractivity (Wildman–Crippen MR) is 74.7 cm³/mol. The number of carbonyl (C=O) groups excluding carboxylic acids is 1. The molecule has 1 saturated heterocycles. The van der Waals surface area contributed by atoms with Crippen LogP contribution in [-0.4, -0.2) is 46.3 Å². The molecule has 1 aliphatic rings. The first-order valence-electron chi connectivity index (χ1n) is 7.27. The molecule has 1 aromatic rings. The molecule has 0 spiro atoms. The standard InChI is InChI=1S/C14H24N4O/c1-13(15-8-12-18-11-6-7-16-18)14(19)17-9-4-2-3-5-10-17/h6-7,11,13,15H,2-5,8-10,12H2,1H3/t13-/m0/s1. The van der Waals surface area contributed by atoms with Gasteiger partial charge in [-0.1, -0.05) is 12.8 Å². The molecule has 0 saturated carbocycles. The first-order chi connectivity index (χ1) is 9.27. The van der Waals surface area contributed by atoms with Crippen LogP contribution in [0, 0.1) is 0 Å². The highest BCUT2D eigenvalue weighted by Gasteiger charge is 2.20. The van der Waals surface area contributed by atoms with Crippen molar-refractivity contribution in [2.45, 2.75) is 45.2 Å². The third-order valence-electron chi connectivity index (χ3n) is 3.64. The molecule has 0 aromatic carbocycles. The minimum absolute atomic E-state index is 0.103. The summed E-state index contributed by atoms with van der Waals surface area (Å²) in [5.74, 6) is 0.238. The van der Waals surface area contributed by atoms with Crippen molar-refractivity contribution in [1.29, 1.82) is 0 Å². The van der Waals surface area contributed by atoms with Crippen LogP contribution in [0.25, 0.3) is 0 Å². The van der Waals surface area contributed by atoms with E-state index in [2.05, 4.69) is 10.4 Å². The summed E-state index contributed by atoms with van der Waals surface area (Å²) in [6, 6.07) is 1.81. The van der Waals surface area contributed by atoms with E-state index in [4.69, 9.17) is 0 Å². The van der Waals surface area contributed by atoms with E-state index in [0.29, 0.717) is 0 Å². The molecule has 2 rings (SSSR count). The number of hydrogen-bond donors (Lipinski definition) is 1. The first-order valence-corrected chi connectivity index (χ1v) is 7.27. The largest absolute Gasteiger partial charge is 0.341 e. The van der Waals surface area contributed by atoms with Gasteiger partial charge in [-0.3, -0.25) is 9.48 Å². The topological polar surface area (TPSA) is 50.2 Å². The maximum atomic E-state index is 12.3. The monoisotopic (exact) mass is 264 g/mol.